The van der Waals surface area contributed by atoms with Crippen molar-refractivity contribution in [1.82, 2.24) is 30.4 Å². The first kappa shape index (κ1) is 15.4. The van der Waals surface area contributed by atoms with Gasteiger partial charge in [0, 0.05) is 36.4 Å². The summed E-state index contributed by atoms with van der Waals surface area (Å²) < 4.78 is 5.56. The van der Waals surface area contributed by atoms with Gasteiger partial charge in [0.25, 0.3) is 5.89 Å². The van der Waals surface area contributed by atoms with Crippen LogP contribution in [0.25, 0.3) is 32.9 Å². The van der Waals surface area contributed by atoms with E-state index in [4.69, 9.17) is 4.52 Å². The molecule has 0 bridgehead atoms. The average Bonchev–Trinajstić information content (AvgIpc) is 3.41. The first-order chi connectivity index (χ1) is 12.8. The van der Waals surface area contributed by atoms with Crippen LogP contribution in [0.4, 0.5) is 0 Å². The van der Waals surface area contributed by atoms with Gasteiger partial charge in [0.15, 0.2) is 0 Å². The summed E-state index contributed by atoms with van der Waals surface area (Å²) in [5.41, 5.74) is 4.41. The normalized spacial score (nSPS) is 13.7. The number of aryl methyl sites for hydroxylation is 1. The minimum atomic E-state index is 0.522. The average molecular weight is 364 g/mol. The molecule has 2 N–H and O–H groups in total. The number of imidazole rings is 1. The van der Waals surface area contributed by atoms with Gasteiger partial charge < -0.3 is 14.8 Å². The molecular formula is C18H16N6OS. The van der Waals surface area contributed by atoms with Gasteiger partial charge in [0.05, 0.1) is 9.75 Å². The van der Waals surface area contributed by atoms with E-state index in [0.29, 0.717) is 11.7 Å². The van der Waals surface area contributed by atoms with Gasteiger partial charge in [-0.2, -0.15) is 4.98 Å². The number of hydrogen-bond acceptors (Lipinski definition) is 7. The van der Waals surface area contributed by atoms with Gasteiger partial charge in [0.1, 0.15) is 5.82 Å². The van der Waals surface area contributed by atoms with E-state index in [0.717, 1.165) is 46.3 Å². The number of hydrogen-bond donors (Lipinski definition) is 2. The lowest BCUT2D eigenvalue weighted by molar-refractivity contribution is 0.433. The number of rotatable bonds is 3. The molecule has 4 aromatic heterocycles. The Morgan fingerprint density at radius 2 is 2.12 bits per heavy atom. The Morgan fingerprint density at radius 1 is 1.19 bits per heavy atom. The lowest BCUT2D eigenvalue weighted by Crippen LogP contribution is -2.24. The summed E-state index contributed by atoms with van der Waals surface area (Å²) in [6.45, 7) is 3.77. The van der Waals surface area contributed by atoms with E-state index in [1.54, 1.807) is 17.5 Å². The molecule has 1 aliphatic heterocycles. The van der Waals surface area contributed by atoms with E-state index in [-0.39, 0.29) is 0 Å². The number of thiophene rings is 1. The summed E-state index contributed by atoms with van der Waals surface area (Å²) in [4.78, 5) is 18.5. The van der Waals surface area contributed by atoms with Crippen LogP contribution in [0.5, 0.6) is 0 Å². The molecule has 130 valence electrons. The third-order valence-electron chi connectivity index (χ3n) is 4.53. The van der Waals surface area contributed by atoms with Crippen molar-refractivity contribution >= 4 is 11.3 Å². The van der Waals surface area contributed by atoms with Gasteiger partial charge in [-0.05, 0) is 43.1 Å². The SMILES string of the molecule is Cc1ncc2c(c1-c1noc(-c3ccc(-c4ncc[nH]4)s3)n1)CCNC2. The Labute approximate surface area is 153 Å². The highest BCUT2D eigenvalue weighted by atomic mass is 32.1. The zero-order valence-electron chi connectivity index (χ0n) is 14.1. The standard InChI is InChI=1S/C18H16N6OS/c1-10-15(12-4-5-19-8-11(12)9-22-10)17-23-18(25-24-17)14-3-2-13(26-14)16-20-6-7-21-16/h2-3,6-7,9,19H,4-5,8H2,1H3,(H,20,21). The number of nitrogens with one attached hydrogen (secondary N) is 2. The minimum absolute atomic E-state index is 0.522. The number of aromatic nitrogens is 5. The minimum Gasteiger partial charge on any atom is -0.344 e. The molecule has 0 atom stereocenters. The highest BCUT2D eigenvalue weighted by molar-refractivity contribution is 7.18. The molecule has 0 unspecified atom stereocenters. The van der Waals surface area contributed by atoms with Crippen LogP contribution < -0.4 is 5.32 Å². The second-order valence-corrected chi connectivity index (χ2v) is 7.26. The van der Waals surface area contributed by atoms with Crippen molar-refractivity contribution in [3.05, 3.63) is 47.5 Å². The molecule has 0 spiro atoms. The van der Waals surface area contributed by atoms with Crippen LogP contribution in [0.1, 0.15) is 16.8 Å². The second-order valence-electron chi connectivity index (χ2n) is 6.17. The number of pyridine rings is 1. The molecule has 5 rings (SSSR count). The maximum Gasteiger partial charge on any atom is 0.268 e. The predicted octanol–water partition coefficient (Wildman–Crippen LogP) is 3.20. The van der Waals surface area contributed by atoms with Crippen LogP contribution in [0, 0.1) is 6.92 Å². The zero-order chi connectivity index (χ0) is 17.5. The van der Waals surface area contributed by atoms with Crippen LogP contribution in [-0.4, -0.2) is 31.6 Å². The Hall–Kier alpha value is -2.84. The van der Waals surface area contributed by atoms with Crippen LogP contribution in [-0.2, 0) is 13.0 Å². The molecule has 0 radical (unpaired) electrons. The molecular weight excluding hydrogens is 348 g/mol. The molecule has 7 nitrogen and oxygen atoms in total. The van der Waals surface area contributed by atoms with E-state index >= 15 is 0 Å². The van der Waals surface area contributed by atoms with E-state index in [9.17, 15) is 0 Å². The topological polar surface area (TPSA) is 92.5 Å². The Bertz CT molecular complexity index is 1070. The molecule has 4 aromatic rings. The van der Waals surface area contributed by atoms with Crippen LogP contribution >= 0.6 is 11.3 Å². The molecule has 0 saturated heterocycles. The Morgan fingerprint density at radius 3 is 3.00 bits per heavy atom. The van der Waals surface area contributed by atoms with Crippen LogP contribution in [0.3, 0.4) is 0 Å². The Balaban J connectivity index is 1.54. The molecule has 26 heavy (non-hydrogen) atoms. The van der Waals surface area contributed by atoms with Crippen molar-refractivity contribution < 1.29 is 4.52 Å². The van der Waals surface area contributed by atoms with Crippen LogP contribution in [0.2, 0.25) is 0 Å². The van der Waals surface area contributed by atoms with Crippen molar-refractivity contribution in [1.29, 1.82) is 0 Å². The zero-order valence-corrected chi connectivity index (χ0v) is 14.9. The van der Waals surface area contributed by atoms with Gasteiger partial charge in [-0.1, -0.05) is 5.16 Å². The maximum atomic E-state index is 5.56. The van der Waals surface area contributed by atoms with Crippen molar-refractivity contribution in [2.75, 3.05) is 6.54 Å². The molecule has 5 heterocycles. The van der Waals surface area contributed by atoms with Gasteiger partial charge in [-0.15, -0.1) is 11.3 Å². The van der Waals surface area contributed by atoms with Crippen molar-refractivity contribution in [2.45, 2.75) is 19.9 Å². The summed E-state index contributed by atoms with van der Waals surface area (Å²) in [5, 5.41) is 7.62. The molecule has 0 saturated carbocycles. The smallest absolute Gasteiger partial charge is 0.268 e. The number of aromatic amines is 1. The molecule has 0 aliphatic carbocycles. The Kier molecular flexibility index (Phi) is 3.65. The van der Waals surface area contributed by atoms with E-state index < -0.39 is 0 Å². The third-order valence-corrected chi connectivity index (χ3v) is 5.61. The monoisotopic (exact) mass is 364 g/mol. The van der Waals surface area contributed by atoms with Crippen molar-refractivity contribution in [3.63, 3.8) is 0 Å². The lowest BCUT2D eigenvalue weighted by atomic mass is 9.95. The lowest BCUT2D eigenvalue weighted by Gasteiger charge is -2.19. The molecule has 0 fully saturated rings. The van der Waals surface area contributed by atoms with E-state index in [1.807, 2.05) is 31.5 Å². The van der Waals surface area contributed by atoms with Gasteiger partial charge >= 0.3 is 0 Å². The highest BCUT2D eigenvalue weighted by Crippen LogP contribution is 2.34. The van der Waals surface area contributed by atoms with E-state index in [1.165, 1.54) is 11.1 Å². The molecule has 0 aromatic carbocycles. The molecule has 0 amide bonds. The second kappa shape index (κ2) is 6.15. The predicted molar refractivity (Wildman–Crippen MR) is 98.6 cm³/mol. The third kappa shape index (κ3) is 2.54. The summed E-state index contributed by atoms with van der Waals surface area (Å²) in [5.74, 6) is 1.97. The fraction of sp³-hybridized carbons (Fsp3) is 0.222. The van der Waals surface area contributed by atoms with Gasteiger partial charge in [-0.3, -0.25) is 4.98 Å². The largest absolute Gasteiger partial charge is 0.344 e. The molecule has 1 aliphatic rings. The fourth-order valence-electron chi connectivity index (χ4n) is 3.27. The van der Waals surface area contributed by atoms with Crippen molar-refractivity contribution in [2.24, 2.45) is 0 Å². The molecule has 8 heteroatoms. The summed E-state index contributed by atoms with van der Waals surface area (Å²) in [6.07, 6.45) is 6.43. The summed E-state index contributed by atoms with van der Waals surface area (Å²) in [7, 11) is 0. The number of H-pyrrole nitrogens is 1. The highest BCUT2D eigenvalue weighted by Gasteiger charge is 2.22. The summed E-state index contributed by atoms with van der Waals surface area (Å²) in [6, 6.07) is 3.99. The van der Waals surface area contributed by atoms with E-state index in [2.05, 4.69) is 30.4 Å². The maximum absolute atomic E-state index is 5.56. The van der Waals surface area contributed by atoms with Crippen molar-refractivity contribution in [3.8, 4) is 32.9 Å². The van der Waals surface area contributed by atoms with Gasteiger partial charge in [-0.25, -0.2) is 4.98 Å². The van der Waals surface area contributed by atoms with Gasteiger partial charge in [0.2, 0.25) is 5.82 Å². The first-order valence-corrected chi connectivity index (χ1v) is 9.23. The summed E-state index contributed by atoms with van der Waals surface area (Å²) >= 11 is 1.57. The number of fused-ring (bicyclic) bond motifs is 1. The quantitative estimate of drug-likeness (QED) is 0.580. The number of nitrogens with zero attached hydrogens (tertiary/aromatic N) is 4. The van der Waals surface area contributed by atoms with Crippen LogP contribution in [0.15, 0.2) is 35.2 Å². The fourth-order valence-corrected chi connectivity index (χ4v) is 4.16. The first-order valence-electron chi connectivity index (χ1n) is 8.41.